The van der Waals surface area contributed by atoms with Gasteiger partial charge in [0.1, 0.15) is 6.04 Å². The van der Waals surface area contributed by atoms with E-state index in [0.29, 0.717) is 28.8 Å². The molecule has 1 atom stereocenters. The monoisotopic (exact) mass is 397 g/mol. The summed E-state index contributed by atoms with van der Waals surface area (Å²) in [6, 6.07) is 14.1. The molecule has 1 saturated heterocycles. The Balaban J connectivity index is 1.50. The normalized spacial score (nSPS) is 18.0. The zero-order valence-electron chi connectivity index (χ0n) is 15.3. The smallest absolute Gasteiger partial charge is 0.251 e. The Kier molecular flexibility index (Phi) is 4.87. The van der Waals surface area contributed by atoms with Crippen LogP contribution in [0.4, 0.5) is 5.69 Å². The average Bonchev–Trinajstić information content (AvgIpc) is 3.23. The van der Waals surface area contributed by atoms with Gasteiger partial charge in [-0.2, -0.15) is 0 Å². The fraction of sp³-hybridized carbons (Fsp3) is 0.250. The van der Waals surface area contributed by atoms with Gasteiger partial charge in [0.2, 0.25) is 12.7 Å². The molecule has 2 aliphatic rings. The van der Waals surface area contributed by atoms with E-state index in [1.807, 2.05) is 36.4 Å². The number of benzene rings is 2. The lowest BCUT2D eigenvalue weighted by molar-refractivity contribution is -0.130. The van der Waals surface area contributed by atoms with Crippen molar-refractivity contribution in [2.45, 2.75) is 19.0 Å². The van der Waals surface area contributed by atoms with Gasteiger partial charge < -0.3 is 19.7 Å². The van der Waals surface area contributed by atoms with Crippen LogP contribution in [0.2, 0.25) is 0 Å². The van der Waals surface area contributed by atoms with Crippen molar-refractivity contribution in [1.82, 2.24) is 9.80 Å². The van der Waals surface area contributed by atoms with Crippen LogP contribution < -0.4 is 14.8 Å². The maximum absolute atomic E-state index is 12.7. The number of likely N-dealkylation sites (N-methyl/N-ethyl adjacent to an activating group) is 1. The Morgan fingerprint density at radius 3 is 2.71 bits per heavy atom. The lowest BCUT2D eigenvalue weighted by Crippen LogP contribution is -2.37. The Bertz CT molecular complexity index is 934. The van der Waals surface area contributed by atoms with E-state index in [9.17, 15) is 9.59 Å². The third-order valence-corrected chi connectivity index (χ3v) is 5.26. The maximum atomic E-state index is 12.7. The van der Waals surface area contributed by atoms with Crippen molar-refractivity contribution in [2.24, 2.45) is 0 Å². The molecule has 2 aliphatic heterocycles. The van der Waals surface area contributed by atoms with E-state index in [-0.39, 0.29) is 25.0 Å². The Morgan fingerprint density at radius 1 is 1.18 bits per heavy atom. The number of hydrogen-bond acceptors (Lipinski definition) is 5. The zero-order chi connectivity index (χ0) is 19.7. The lowest BCUT2D eigenvalue weighted by atomic mass is 10.1. The van der Waals surface area contributed by atoms with E-state index in [1.54, 1.807) is 24.1 Å². The Labute approximate surface area is 167 Å². The fourth-order valence-electron chi connectivity index (χ4n) is 3.30. The summed E-state index contributed by atoms with van der Waals surface area (Å²) in [7, 11) is 1.63. The summed E-state index contributed by atoms with van der Waals surface area (Å²) >= 11 is 5.44. The van der Waals surface area contributed by atoms with Gasteiger partial charge in [0, 0.05) is 19.3 Å². The molecule has 1 N–H and O–H groups in total. The average molecular weight is 397 g/mol. The predicted molar refractivity (Wildman–Crippen MR) is 107 cm³/mol. The van der Waals surface area contributed by atoms with Crippen LogP contribution in [0.25, 0.3) is 0 Å². The first kappa shape index (κ1) is 18.2. The largest absolute Gasteiger partial charge is 0.454 e. The van der Waals surface area contributed by atoms with Crippen LogP contribution in [-0.2, 0) is 16.1 Å². The molecule has 1 unspecified atom stereocenters. The molecule has 0 aromatic heterocycles. The molecule has 7 nitrogen and oxygen atoms in total. The minimum absolute atomic E-state index is 0.0166. The molecule has 2 aromatic rings. The molecular formula is C20H19N3O4S. The van der Waals surface area contributed by atoms with Gasteiger partial charge in [-0.05, 0) is 42.0 Å². The molecule has 0 aliphatic carbocycles. The second-order valence-corrected chi connectivity index (χ2v) is 6.99. The van der Waals surface area contributed by atoms with E-state index >= 15 is 0 Å². The molecule has 0 radical (unpaired) electrons. The zero-order valence-corrected chi connectivity index (χ0v) is 16.1. The maximum Gasteiger partial charge on any atom is 0.251 e. The number of carbonyl (C=O) groups excluding carboxylic acids is 2. The minimum atomic E-state index is -0.647. The van der Waals surface area contributed by atoms with Crippen molar-refractivity contribution in [2.75, 3.05) is 19.2 Å². The lowest BCUT2D eigenvalue weighted by Gasteiger charge is -2.23. The van der Waals surface area contributed by atoms with Crippen LogP contribution >= 0.6 is 12.2 Å². The van der Waals surface area contributed by atoms with Crippen molar-refractivity contribution in [3.8, 4) is 11.5 Å². The number of nitrogens with zero attached hydrogens (tertiary/aromatic N) is 2. The second kappa shape index (κ2) is 7.47. The first-order valence-corrected chi connectivity index (χ1v) is 9.25. The van der Waals surface area contributed by atoms with Gasteiger partial charge in [-0.3, -0.25) is 14.5 Å². The third kappa shape index (κ3) is 3.50. The fourth-order valence-corrected chi connectivity index (χ4v) is 3.58. The van der Waals surface area contributed by atoms with Gasteiger partial charge in [-0.25, -0.2) is 0 Å². The predicted octanol–water partition coefficient (Wildman–Crippen LogP) is 2.37. The van der Waals surface area contributed by atoms with Crippen molar-refractivity contribution in [3.63, 3.8) is 0 Å². The van der Waals surface area contributed by atoms with Crippen LogP contribution in [0.1, 0.15) is 12.0 Å². The highest BCUT2D eigenvalue weighted by Crippen LogP contribution is 2.33. The van der Waals surface area contributed by atoms with Crippen LogP contribution in [-0.4, -0.2) is 46.6 Å². The molecule has 0 saturated carbocycles. The van der Waals surface area contributed by atoms with E-state index in [1.165, 1.54) is 4.90 Å². The number of amides is 2. The summed E-state index contributed by atoms with van der Waals surface area (Å²) in [6.45, 7) is 0.596. The first-order chi connectivity index (χ1) is 13.5. The highest BCUT2D eigenvalue weighted by molar-refractivity contribution is 7.80. The van der Waals surface area contributed by atoms with Gasteiger partial charge in [-0.15, -0.1) is 0 Å². The molecule has 2 amide bonds. The molecule has 28 heavy (non-hydrogen) atoms. The van der Waals surface area contributed by atoms with Gasteiger partial charge >= 0.3 is 0 Å². The highest BCUT2D eigenvalue weighted by atomic mass is 32.1. The topological polar surface area (TPSA) is 71.1 Å². The van der Waals surface area contributed by atoms with Gasteiger partial charge in [0.05, 0.1) is 6.42 Å². The van der Waals surface area contributed by atoms with Crippen LogP contribution in [0, 0.1) is 0 Å². The third-order valence-electron chi connectivity index (χ3n) is 4.75. The van der Waals surface area contributed by atoms with Crippen LogP contribution in [0.5, 0.6) is 11.5 Å². The van der Waals surface area contributed by atoms with Crippen molar-refractivity contribution in [1.29, 1.82) is 0 Å². The quantitative estimate of drug-likeness (QED) is 0.781. The van der Waals surface area contributed by atoms with Crippen LogP contribution in [0.15, 0.2) is 48.5 Å². The molecule has 2 aromatic carbocycles. The Hall–Kier alpha value is -3.13. The second-order valence-electron chi connectivity index (χ2n) is 6.63. The number of anilines is 1. The van der Waals surface area contributed by atoms with E-state index in [2.05, 4.69) is 5.32 Å². The molecular weight excluding hydrogens is 378 g/mol. The number of rotatable bonds is 5. The summed E-state index contributed by atoms with van der Waals surface area (Å²) in [6.07, 6.45) is 0.0166. The molecule has 144 valence electrons. The van der Waals surface area contributed by atoms with Crippen molar-refractivity contribution >= 4 is 34.8 Å². The summed E-state index contributed by atoms with van der Waals surface area (Å²) in [5.41, 5.74) is 1.61. The minimum Gasteiger partial charge on any atom is -0.454 e. The number of nitrogens with one attached hydrogen (secondary N) is 1. The van der Waals surface area contributed by atoms with Crippen molar-refractivity contribution in [3.05, 3.63) is 54.1 Å². The molecule has 0 bridgehead atoms. The number of hydrogen-bond donors (Lipinski definition) is 1. The molecule has 1 fully saturated rings. The van der Waals surface area contributed by atoms with E-state index < -0.39 is 6.04 Å². The molecule has 8 heteroatoms. The number of fused-ring (bicyclic) bond motifs is 1. The van der Waals surface area contributed by atoms with E-state index in [0.717, 1.165) is 5.56 Å². The summed E-state index contributed by atoms with van der Waals surface area (Å²) < 4.78 is 10.7. The van der Waals surface area contributed by atoms with Gasteiger partial charge in [0.15, 0.2) is 16.6 Å². The van der Waals surface area contributed by atoms with Crippen LogP contribution in [0.3, 0.4) is 0 Å². The number of ether oxygens (including phenoxy) is 2. The first-order valence-electron chi connectivity index (χ1n) is 8.84. The Morgan fingerprint density at radius 2 is 1.93 bits per heavy atom. The number of thiocarbonyl (C=S) groups is 1. The molecule has 4 rings (SSSR count). The SMILES string of the molecule is CN1C(=O)C(CC(=O)Nc2ccccc2)N(Cc2ccc3c(c2)OCO3)C1=S. The standard InChI is InChI=1S/C20H19N3O4S/c1-22-19(25)15(10-18(24)21-14-5-3-2-4-6-14)23(20(22)28)11-13-7-8-16-17(9-13)27-12-26-16/h2-9,15H,10-12H2,1H3,(H,21,24). The summed E-state index contributed by atoms with van der Waals surface area (Å²) in [5, 5.41) is 3.22. The highest BCUT2D eigenvalue weighted by Gasteiger charge is 2.41. The number of carbonyl (C=O) groups is 2. The van der Waals surface area contributed by atoms with Gasteiger partial charge in [0.25, 0.3) is 5.91 Å². The summed E-state index contributed by atoms with van der Waals surface area (Å²) in [5.74, 6) is 0.938. The number of para-hydroxylation sites is 1. The molecule has 0 spiro atoms. The van der Waals surface area contributed by atoms with E-state index in [4.69, 9.17) is 21.7 Å². The molecule has 2 heterocycles. The summed E-state index contributed by atoms with van der Waals surface area (Å²) in [4.78, 5) is 28.4. The van der Waals surface area contributed by atoms with Crippen molar-refractivity contribution < 1.29 is 19.1 Å². The van der Waals surface area contributed by atoms with Gasteiger partial charge in [-0.1, -0.05) is 24.3 Å².